The van der Waals surface area contributed by atoms with Crippen LogP contribution in [0.5, 0.6) is 0 Å². The molecule has 0 heterocycles. The number of hydrogen-bond acceptors (Lipinski definition) is 4. The summed E-state index contributed by atoms with van der Waals surface area (Å²) in [5.41, 5.74) is 0. The average Bonchev–Trinajstić information content (AvgIpc) is 2.42. The molecule has 0 fully saturated rings. The molecule has 0 spiro atoms. The lowest BCUT2D eigenvalue weighted by atomic mass is 10.4. The molecule has 0 saturated heterocycles. The normalized spacial score (nSPS) is 11.4. The highest BCUT2D eigenvalue weighted by Crippen LogP contribution is 2.17. The molecule has 0 rings (SSSR count). The number of unbranched alkanes of at least 4 members (excludes halogenated alkanes) is 1. The Kier molecular flexibility index (Phi) is 12.0. The fraction of sp³-hybridized carbons (Fsp3) is 0.929. The van der Waals surface area contributed by atoms with E-state index >= 15 is 0 Å². The smallest absolute Gasteiger partial charge is 0.272 e. The van der Waals surface area contributed by atoms with Gasteiger partial charge in [-0.3, -0.25) is 0 Å². The molecule has 3 nitrogen and oxygen atoms in total. The van der Waals surface area contributed by atoms with E-state index in [-0.39, 0.29) is 0 Å². The Morgan fingerprint density at radius 3 is 2.35 bits per heavy atom. The largest absolute Gasteiger partial charge is 0.417 e. The third kappa shape index (κ3) is 10.0. The summed E-state index contributed by atoms with van der Waals surface area (Å²) in [6, 6.07) is 1.23. The predicted molar refractivity (Wildman–Crippen MR) is 96.8 cm³/mol. The minimum atomic E-state index is -1.42. The molecule has 0 amide bonds. The van der Waals surface area contributed by atoms with Crippen LogP contribution in [0.1, 0.15) is 40.0 Å². The predicted octanol–water partition coefficient (Wildman–Crippen LogP) is 4.69. The van der Waals surface area contributed by atoms with Crippen molar-refractivity contribution in [3.05, 3.63) is 0 Å². The van der Waals surface area contributed by atoms with E-state index in [2.05, 4.69) is 38.8 Å². The van der Waals surface area contributed by atoms with E-state index in [1.54, 1.807) is 0 Å². The van der Waals surface area contributed by atoms with Crippen LogP contribution in [0.25, 0.3) is 0 Å². The van der Waals surface area contributed by atoms with Crippen LogP contribution < -0.4 is 0 Å². The first kappa shape index (κ1) is 20.2. The first-order chi connectivity index (χ1) is 9.46. The summed E-state index contributed by atoms with van der Waals surface area (Å²) in [4.78, 5) is 2.05. The zero-order valence-corrected chi connectivity index (χ0v) is 16.4. The van der Waals surface area contributed by atoms with Crippen LogP contribution in [-0.4, -0.2) is 43.8 Å². The molecular formula is C14H31NO2S2Si. The van der Waals surface area contributed by atoms with Gasteiger partial charge in [0.05, 0.1) is 12.0 Å². The standard InChI is InChI=1S/C14H31NO2S2Si/c1-6-11-16-20(4,5)13-10-9-12-19-17-14(18)15(7-2)8-3/h6-13H2,1-5H3. The van der Waals surface area contributed by atoms with Crippen LogP contribution in [0.15, 0.2) is 0 Å². The van der Waals surface area contributed by atoms with Gasteiger partial charge in [-0.25, -0.2) is 0 Å². The van der Waals surface area contributed by atoms with Gasteiger partial charge in [0.1, 0.15) is 0 Å². The Labute approximate surface area is 136 Å². The SMILES string of the molecule is CCCO[Si](C)(C)CCCCSOC(=S)N(CC)CC. The number of nitrogens with zero attached hydrogens (tertiary/aromatic N) is 1. The van der Waals surface area contributed by atoms with Crippen LogP contribution in [0.4, 0.5) is 0 Å². The Morgan fingerprint density at radius 2 is 1.80 bits per heavy atom. The van der Waals surface area contributed by atoms with Gasteiger partial charge in [-0.2, -0.15) is 0 Å². The molecule has 0 aliphatic rings. The van der Waals surface area contributed by atoms with Crippen molar-refractivity contribution in [1.29, 1.82) is 0 Å². The topological polar surface area (TPSA) is 21.7 Å². The van der Waals surface area contributed by atoms with E-state index in [9.17, 15) is 0 Å². The van der Waals surface area contributed by atoms with Crippen molar-refractivity contribution >= 4 is 37.8 Å². The Hall–Kier alpha value is 0.217. The van der Waals surface area contributed by atoms with Crippen LogP contribution in [0.2, 0.25) is 19.1 Å². The van der Waals surface area contributed by atoms with Gasteiger partial charge in [-0.1, -0.05) is 13.3 Å². The zero-order valence-electron chi connectivity index (χ0n) is 13.7. The van der Waals surface area contributed by atoms with Gasteiger partial charge in [0.15, 0.2) is 8.32 Å². The maximum atomic E-state index is 5.96. The summed E-state index contributed by atoms with van der Waals surface area (Å²) in [5.74, 6) is 1.000. The third-order valence-electron chi connectivity index (χ3n) is 3.11. The second-order valence-corrected chi connectivity index (χ2v) is 10.9. The van der Waals surface area contributed by atoms with E-state index in [0.717, 1.165) is 38.3 Å². The third-order valence-corrected chi connectivity index (χ3v) is 6.83. The van der Waals surface area contributed by atoms with E-state index in [4.69, 9.17) is 20.8 Å². The molecule has 0 N–H and O–H groups in total. The van der Waals surface area contributed by atoms with E-state index in [1.165, 1.54) is 24.5 Å². The molecule has 0 aromatic rings. The minimum Gasteiger partial charge on any atom is -0.417 e. The van der Waals surface area contributed by atoms with Gasteiger partial charge in [-0.05, 0) is 58.0 Å². The van der Waals surface area contributed by atoms with Crippen LogP contribution in [0, 0.1) is 0 Å². The zero-order chi connectivity index (χ0) is 15.4. The van der Waals surface area contributed by atoms with Crippen LogP contribution >= 0.6 is 24.3 Å². The van der Waals surface area contributed by atoms with Crippen molar-refractivity contribution in [3.8, 4) is 0 Å². The fourth-order valence-electron chi connectivity index (χ4n) is 1.79. The summed E-state index contributed by atoms with van der Waals surface area (Å²) in [6.07, 6.45) is 3.50. The van der Waals surface area contributed by atoms with Crippen molar-refractivity contribution < 1.29 is 8.61 Å². The van der Waals surface area contributed by atoms with Gasteiger partial charge in [0.2, 0.25) is 0 Å². The quantitative estimate of drug-likeness (QED) is 0.235. The molecule has 0 aliphatic heterocycles. The van der Waals surface area contributed by atoms with E-state index in [1.807, 2.05) is 0 Å². The van der Waals surface area contributed by atoms with Gasteiger partial charge in [0.25, 0.3) is 5.17 Å². The molecule has 20 heavy (non-hydrogen) atoms. The lowest BCUT2D eigenvalue weighted by molar-refractivity contribution is 0.305. The Bertz CT molecular complexity index is 262. The Balaban J connectivity index is 3.60. The van der Waals surface area contributed by atoms with Crippen molar-refractivity contribution in [2.75, 3.05) is 25.4 Å². The van der Waals surface area contributed by atoms with Crippen LogP contribution in [0.3, 0.4) is 0 Å². The summed E-state index contributed by atoms with van der Waals surface area (Å²) < 4.78 is 11.5. The fourth-order valence-corrected chi connectivity index (χ4v) is 4.81. The Morgan fingerprint density at radius 1 is 1.15 bits per heavy atom. The van der Waals surface area contributed by atoms with Crippen molar-refractivity contribution in [1.82, 2.24) is 4.90 Å². The van der Waals surface area contributed by atoms with Crippen molar-refractivity contribution in [3.63, 3.8) is 0 Å². The molecule has 120 valence electrons. The number of rotatable bonds is 11. The maximum Gasteiger partial charge on any atom is 0.272 e. The van der Waals surface area contributed by atoms with Crippen molar-refractivity contribution in [2.45, 2.75) is 59.2 Å². The van der Waals surface area contributed by atoms with Gasteiger partial charge in [-0.15, -0.1) is 0 Å². The molecule has 0 radical (unpaired) electrons. The average molecular weight is 338 g/mol. The summed E-state index contributed by atoms with van der Waals surface area (Å²) in [5, 5.41) is 0.612. The lowest BCUT2D eigenvalue weighted by Gasteiger charge is -2.22. The van der Waals surface area contributed by atoms with Crippen molar-refractivity contribution in [2.24, 2.45) is 0 Å². The maximum absolute atomic E-state index is 5.96. The molecule has 0 aromatic heterocycles. The first-order valence-electron chi connectivity index (χ1n) is 7.69. The first-order valence-corrected chi connectivity index (χ1v) is 12.1. The van der Waals surface area contributed by atoms with Crippen LogP contribution in [-0.2, 0) is 8.61 Å². The molecule has 0 aromatic carbocycles. The molecule has 6 heteroatoms. The lowest BCUT2D eigenvalue weighted by Crippen LogP contribution is -2.30. The van der Waals surface area contributed by atoms with Gasteiger partial charge in [0, 0.05) is 25.4 Å². The number of hydrogen-bond donors (Lipinski definition) is 0. The second kappa shape index (κ2) is 11.8. The summed E-state index contributed by atoms with van der Waals surface area (Å²) in [6.45, 7) is 13.7. The van der Waals surface area contributed by atoms with Gasteiger partial charge >= 0.3 is 0 Å². The monoisotopic (exact) mass is 337 g/mol. The molecule has 0 saturated carbocycles. The van der Waals surface area contributed by atoms with Gasteiger partial charge < -0.3 is 13.5 Å². The van der Waals surface area contributed by atoms with E-state index in [0.29, 0.717) is 5.17 Å². The molecular weight excluding hydrogens is 306 g/mol. The summed E-state index contributed by atoms with van der Waals surface area (Å²) >= 11 is 6.71. The second-order valence-electron chi connectivity index (χ2n) is 5.41. The van der Waals surface area contributed by atoms with E-state index < -0.39 is 8.32 Å². The summed E-state index contributed by atoms with van der Waals surface area (Å²) in [7, 11) is -1.42. The highest BCUT2D eigenvalue weighted by atomic mass is 32.2. The molecule has 0 aliphatic carbocycles. The molecule has 0 bridgehead atoms. The highest BCUT2D eigenvalue weighted by molar-refractivity contribution is 7.95. The minimum absolute atomic E-state index is 0.612. The molecule has 0 unspecified atom stereocenters. The highest BCUT2D eigenvalue weighted by Gasteiger charge is 2.21. The molecule has 0 atom stereocenters. The number of thiocarbonyl (C=S) groups is 1.